The number of hydrogen-bond acceptors (Lipinski definition) is 5. The fourth-order valence-electron chi connectivity index (χ4n) is 3.34. The van der Waals surface area contributed by atoms with Crippen LogP contribution in [0, 0.1) is 0 Å². The molecule has 0 aliphatic heterocycles. The SMILES string of the molecule is COc1ccc(-n2c(SCC(=O)NC(C)c3ccccc3)nnc2-c2ccccc2)cc1. The highest BCUT2D eigenvalue weighted by Crippen LogP contribution is 2.29. The van der Waals surface area contributed by atoms with Crippen molar-refractivity contribution in [1.82, 2.24) is 20.1 Å². The summed E-state index contributed by atoms with van der Waals surface area (Å²) in [5.74, 6) is 1.67. The van der Waals surface area contributed by atoms with Gasteiger partial charge < -0.3 is 10.1 Å². The molecule has 6 nitrogen and oxygen atoms in total. The molecule has 0 radical (unpaired) electrons. The number of hydrogen-bond donors (Lipinski definition) is 1. The van der Waals surface area contributed by atoms with Gasteiger partial charge in [-0.05, 0) is 36.8 Å². The minimum atomic E-state index is -0.0661. The molecule has 3 aromatic carbocycles. The molecule has 1 amide bonds. The minimum Gasteiger partial charge on any atom is -0.497 e. The first-order chi connectivity index (χ1) is 15.7. The van der Waals surface area contributed by atoms with Gasteiger partial charge in [0.25, 0.3) is 0 Å². The summed E-state index contributed by atoms with van der Waals surface area (Å²) in [6.07, 6.45) is 0. The van der Waals surface area contributed by atoms with Gasteiger partial charge in [0.15, 0.2) is 11.0 Å². The van der Waals surface area contributed by atoms with E-state index in [2.05, 4.69) is 15.5 Å². The Hall–Kier alpha value is -3.58. The summed E-state index contributed by atoms with van der Waals surface area (Å²) in [5, 5.41) is 12.5. The van der Waals surface area contributed by atoms with E-state index in [1.807, 2.05) is 96.4 Å². The summed E-state index contributed by atoms with van der Waals surface area (Å²) in [4.78, 5) is 12.6. The van der Waals surface area contributed by atoms with Gasteiger partial charge in [0, 0.05) is 11.3 Å². The van der Waals surface area contributed by atoms with Crippen LogP contribution in [0.15, 0.2) is 90.1 Å². The molecule has 7 heteroatoms. The molecule has 1 heterocycles. The Bertz CT molecular complexity index is 1160. The van der Waals surface area contributed by atoms with E-state index in [9.17, 15) is 4.79 Å². The van der Waals surface area contributed by atoms with Crippen LogP contribution in [-0.4, -0.2) is 33.5 Å². The van der Waals surface area contributed by atoms with Gasteiger partial charge in [-0.2, -0.15) is 0 Å². The number of amides is 1. The fourth-order valence-corrected chi connectivity index (χ4v) is 4.10. The van der Waals surface area contributed by atoms with Crippen LogP contribution in [0.1, 0.15) is 18.5 Å². The molecule has 0 aliphatic rings. The van der Waals surface area contributed by atoms with E-state index in [-0.39, 0.29) is 17.7 Å². The van der Waals surface area contributed by atoms with Crippen molar-refractivity contribution in [2.24, 2.45) is 0 Å². The van der Waals surface area contributed by atoms with Gasteiger partial charge in [0.1, 0.15) is 5.75 Å². The Kier molecular flexibility index (Phi) is 6.87. The molecule has 32 heavy (non-hydrogen) atoms. The van der Waals surface area contributed by atoms with Gasteiger partial charge in [0.05, 0.1) is 18.9 Å². The third-order valence-electron chi connectivity index (χ3n) is 5.01. The summed E-state index contributed by atoms with van der Waals surface area (Å²) in [6.45, 7) is 1.98. The first-order valence-corrected chi connectivity index (χ1v) is 11.3. The van der Waals surface area contributed by atoms with Crippen molar-refractivity contribution in [2.45, 2.75) is 18.1 Å². The van der Waals surface area contributed by atoms with E-state index in [4.69, 9.17) is 4.74 Å². The van der Waals surface area contributed by atoms with E-state index < -0.39 is 0 Å². The van der Waals surface area contributed by atoms with Crippen molar-refractivity contribution in [3.63, 3.8) is 0 Å². The first kappa shape index (κ1) is 21.6. The number of ether oxygens (including phenoxy) is 1. The molecule has 1 unspecified atom stereocenters. The van der Waals surface area contributed by atoms with Gasteiger partial charge in [-0.15, -0.1) is 10.2 Å². The van der Waals surface area contributed by atoms with Crippen molar-refractivity contribution < 1.29 is 9.53 Å². The summed E-state index contributed by atoms with van der Waals surface area (Å²) < 4.78 is 7.25. The van der Waals surface area contributed by atoms with E-state index in [1.165, 1.54) is 11.8 Å². The van der Waals surface area contributed by atoms with Gasteiger partial charge in [-0.1, -0.05) is 72.4 Å². The molecule has 162 valence electrons. The molecule has 1 atom stereocenters. The van der Waals surface area contributed by atoms with Crippen molar-refractivity contribution in [3.8, 4) is 22.8 Å². The lowest BCUT2D eigenvalue weighted by Crippen LogP contribution is -2.28. The zero-order chi connectivity index (χ0) is 22.3. The van der Waals surface area contributed by atoms with E-state index >= 15 is 0 Å². The minimum absolute atomic E-state index is 0.0584. The number of carbonyl (C=O) groups is 1. The summed E-state index contributed by atoms with van der Waals surface area (Å²) >= 11 is 1.36. The third-order valence-corrected chi connectivity index (χ3v) is 5.93. The monoisotopic (exact) mass is 444 g/mol. The molecule has 0 saturated carbocycles. The van der Waals surface area contributed by atoms with Crippen molar-refractivity contribution >= 4 is 17.7 Å². The highest BCUT2D eigenvalue weighted by atomic mass is 32.2. The van der Waals surface area contributed by atoms with Crippen molar-refractivity contribution in [3.05, 3.63) is 90.5 Å². The first-order valence-electron chi connectivity index (χ1n) is 10.3. The lowest BCUT2D eigenvalue weighted by Gasteiger charge is -2.14. The maximum Gasteiger partial charge on any atom is 0.230 e. The number of nitrogens with one attached hydrogen (secondary N) is 1. The van der Waals surface area contributed by atoms with Gasteiger partial charge >= 0.3 is 0 Å². The normalized spacial score (nSPS) is 11.7. The van der Waals surface area contributed by atoms with Crippen LogP contribution in [0.4, 0.5) is 0 Å². The highest BCUT2D eigenvalue weighted by molar-refractivity contribution is 7.99. The third kappa shape index (κ3) is 5.00. The quantitative estimate of drug-likeness (QED) is 0.391. The Morgan fingerprint density at radius 3 is 2.28 bits per heavy atom. The summed E-state index contributed by atoms with van der Waals surface area (Å²) in [7, 11) is 1.64. The zero-order valence-electron chi connectivity index (χ0n) is 17.9. The van der Waals surface area contributed by atoms with Crippen LogP contribution >= 0.6 is 11.8 Å². The number of rotatable bonds is 8. The number of aromatic nitrogens is 3. The predicted molar refractivity (Wildman–Crippen MR) is 127 cm³/mol. The van der Waals surface area contributed by atoms with Crippen LogP contribution in [0.25, 0.3) is 17.1 Å². The standard InChI is InChI=1S/C25H24N4O2S/c1-18(19-9-5-3-6-10-19)26-23(30)17-32-25-28-27-24(20-11-7-4-8-12-20)29(25)21-13-15-22(31-2)16-14-21/h3-16,18H,17H2,1-2H3,(H,26,30). The van der Waals surface area contributed by atoms with Crippen LogP contribution < -0.4 is 10.1 Å². The van der Waals surface area contributed by atoms with E-state index in [0.29, 0.717) is 5.16 Å². The van der Waals surface area contributed by atoms with Crippen molar-refractivity contribution in [1.29, 1.82) is 0 Å². The molecule has 0 saturated heterocycles. The highest BCUT2D eigenvalue weighted by Gasteiger charge is 2.18. The van der Waals surface area contributed by atoms with Crippen LogP contribution in [-0.2, 0) is 4.79 Å². The number of thioether (sulfide) groups is 1. The summed E-state index contributed by atoms with van der Waals surface area (Å²) in [5.41, 5.74) is 2.92. The predicted octanol–water partition coefficient (Wildman–Crippen LogP) is 4.91. The second kappa shape index (κ2) is 10.2. The van der Waals surface area contributed by atoms with Gasteiger partial charge in [-0.25, -0.2) is 0 Å². The van der Waals surface area contributed by atoms with Gasteiger partial charge in [-0.3, -0.25) is 9.36 Å². The van der Waals surface area contributed by atoms with Crippen LogP contribution in [0.2, 0.25) is 0 Å². The van der Waals surface area contributed by atoms with Crippen molar-refractivity contribution in [2.75, 3.05) is 12.9 Å². The molecule has 4 aromatic rings. The number of benzene rings is 3. The number of methoxy groups -OCH3 is 1. The maximum atomic E-state index is 12.6. The second-order valence-corrected chi connectivity index (χ2v) is 8.14. The smallest absolute Gasteiger partial charge is 0.230 e. The molecule has 4 rings (SSSR count). The molecule has 0 fully saturated rings. The molecular formula is C25H24N4O2S. The van der Waals surface area contributed by atoms with E-state index in [0.717, 1.165) is 28.4 Å². The summed E-state index contributed by atoms with van der Waals surface area (Å²) in [6, 6.07) is 27.4. The Balaban J connectivity index is 1.55. The Morgan fingerprint density at radius 2 is 1.62 bits per heavy atom. The lowest BCUT2D eigenvalue weighted by atomic mass is 10.1. The molecule has 0 spiro atoms. The van der Waals surface area contributed by atoms with Gasteiger partial charge in [0.2, 0.25) is 5.91 Å². The zero-order valence-corrected chi connectivity index (χ0v) is 18.8. The molecule has 1 aromatic heterocycles. The fraction of sp³-hybridized carbons (Fsp3) is 0.160. The molecule has 1 N–H and O–H groups in total. The topological polar surface area (TPSA) is 69.0 Å². The number of carbonyl (C=O) groups excluding carboxylic acids is 1. The molecular weight excluding hydrogens is 420 g/mol. The Morgan fingerprint density at radius 1 is 0.969 bits per heavy atom. The number of nitrogens with zero attached hydrogens (tertiary/aromatic N) is 3. The second-order valence-electron chi connectivity index (χ2n) is 7.19. The molecule has 0 aliphatic carbocycles. The Labute approximate surface area is 191 Å². The van der Waals surface area contributed by atoms with Crippen LogP contribution in [0.3, 0.4) is 0 Å². The average molecular weight is 445 g/mol. The van der Waals surface area contributed by atoms with Crippen LogP contribution in [0.5, 0.6) is 5.75 Å². The van der Waals surface area contributed by atoms with E-state index in [1.54, 1.807) is 7.11 Å². The lowest BCUT2D eigenvalue weighted by molar-refractivity contribution is -0.119. The average Bonchev–Trinajstić information content (AvgIpc) is 3.28. The molecule has 0 bridgehead atoms. The maximum absolute atomic E-state index is 12.6. The largest absolute Gasteiger partial charge is 0.497 e.